The van der Waals surface area contributed by atoms with Gasteiger partial charge in [0.2, 0.25) is 0 Å². The van der Waals surface area contributed by atoms with Crippen molar-refractivity contribution in [3.63, 3.8) is 0 Å². The van der Waals surface area contributed by atoms with Gasteiger partial charge < -0.3 is 5.32 Å². The number of fused-ring (bicyclic) bond motifs is 1. The summed E-state index contributed by atoms with van der Waals surface area (Å²) in [6.45, 7) is 1.01. The number of hydrogen-bond acceptors (Lipinski definition) is 4. The van der Waals surface area contributed by atoms with E-state index in [1.807, 2.05) is 23.3 Å². The predicted molar refractivity (Wildman–Crippen MR) is 73.7 cm³/mol. The van der Waals surface area contributed by atoms with Gasteiger partial charge in [-0.05, 0) is 11.6 Å². The summed E-state index contributed by atoms with van der Waals surface area (Å²) in [6, 6.07) is 9.19. The van der Waals surface area contributed by atoms with E-state index in [9.17, 15) is 0 Å². The molecule has 1 atom stereocenters. The third-order valence-electron chi connectivity index (χ3n) is 2.91. The van der Waals surface area contributed by atoms with Crippen LogP contribution in [0.2, 0.25) is 0 Å². The highest BCUT2D eigenvalue weighted by molar-refractivity contribution is 7.99. The molecule has 17 heavy (non-hydrogen) atoms. The molecule has 1 unspecified atom stereocenters. The minimum atomic E-state index is 0.510. The molecule has 4 heteroatoms. The molecular formula is C13H14N2S2. The van der Waals surface area contributed by atoms with Gasteiger partial charge in [-0.15, -0.1) is 23.1 Å². The Balaban J connectivity index is 1.57. The van der Waals surface area contributed by atoms with E-state index in [4.69, 9.17) is 0 Å². The smallest absolute Gasteiger partial charge is 0.0937 e. The average molecular weight is 262 g/mol. The SMILES string of the molecule is c1ccc2c(c1)SCC2NCCc1nccs1. The Kier molecular flexibility index (Phi) is 3.45. The molecular weight excluding hydrogens is 248 g/mol. The standard InChI is InChI=1S/C13H14N2S2/c1-2-4-12-10(3-1)11(9-17-12)14-6-5-13-15-7-8-16-13/h1-4,7-8,11,14H,5-6,9H2. The zero-order valence-electron chi connectivity index (χ0n) is 9.43. The Morgan fingerprint density at radius 2 is 2.29 bits per heavy atom. The van der Waals surface area contributed by atoms with Crippen LogP contribution >= 0.6 is 23.1 Å². The Bertz CT molecular complexity index is 482. The first-order chi connectivity index (χ1) is 8.43. The molecule has 2 heterocycles. The fourth-order valence-corrected chi connectivity index (χ4v) is 3.88. The van der Waals surface area contributed by atoms with Gasteiger partial charge in [0.1, 0.15) is 0 Å². The van der Waals surface area contributed by atoms with Crippen molar-refractivity contribution >= 4 is 23.1 Å². The Hall–Kier alpha value is -0.840. The first-order valence-corrected chi connectivity index (χ1v) is 7.63. The summed E-state index contributed by atoms with van der Waals surface area (Å²) in [5.74, 6) is 1.15. The van der Waals surface area contributed by atoms with Crippen LogP contribution in [0.15, 0.2) is 40.7 Å². The normalized spacial score (nSPS) is 18.2. The minimum Gasteiger partial charge on any atom is -0.309 e. The Morgan fingerprint density at radius 1 is 1.35 bits per heavy atom. The number of thioether (sulfide) groups is 1. The van der Waals surface area contributed by atoms with Crippen LogP contribution in [0.5, 0.6) is 0 Å². The topological polar surface area (TPSA) is 24.9 Å². The first kappa shape index (κ1) is 11.3. The van der Waals surface area contributed by atoms with Crippen LogP contribution in [0.3, 0.4) is 0 Å². The molecule has 1 aliphatic heterocycles. The van der Waals surface area contributed by atoms with Crippen LogP contribution in [-0.4, -0.2) is 17.3 Å². The molecule has 1 aromatic heterocycles. The lowest BCUT2D eigenvalue weighted by Gasteiger charge is -2.12. The van der Waals surface area contributed by atoms with E-state index in [2.05, 4.69) is 34.6 Å². The number of benzene rings is 1. The summed E-state index contributed by atoms with van der Waals surface area (Å²) in [5, 5.41) is 6.88. The van der Waals surface area contributed by atoms with Crippen molar-refractivity contribution in [2.24, 2.45) is 0 Å². The molecule has 0 bridgehead atoms. The van der Waals surface area contributed by atoms with Gasteiger partial charge in [0, 0.05) is 41.2 Å². The van der Waals surface area contributed by atoms with Crippen molar-refractivity contribution in [3.8, 4) is 0 Å². The maximum Gasteiger partial charge on any atom is 0.0937 e. The predicted octanol–water partition coefficient (Wildman–Crippen LogP) is 3.12. The van der Waals surface area contributed by atoms with Crippen molar-refractivity contribution in [1.82, 2.24) is 10.3 Å². The largest absolute Gasteiger partial charge is 0.309 e. The zero-order valence-corrected chi connectivity index (χ0v) is 11.1. The van der Waals surface area contributed by atoms with Gasteiger partial charge in [-0.2, -0.15) is 0 Å². The van der Waals surface area contributed by atoms with E-state index in [1.165, 1.54) is 15.5 Å². The lowest BCUT2D eigenvalue weighted by atomic mass is 10.1. The van der Waals surface area contributed by atoms with Gasteiger partial charge in [-0.3, -0.25) is 0 Å². The van der Waals surface area contributed by atoms with Gasteiger partial charge in [-0.1, -0.05) is 18.2 Å². The molecule has 0 spiro atoms. The van der Waals surface area contributed by atoms with E-state index in [1.54, 1.807) is 11.3 Å². The molecule has 2 aromatic rings. The second-order valence-corrected chi connectivity index (χ2v) is 6.07. The second-order valence-electron chi connectivity index (χ2n) is 4.03. The van der Waals surface area contributed by atoms with Crippen LogP contribution in [-0.2, 0) is 6.42 Å². The fourth-order valence-electron chi connectivity index (χ4n) is 2.06. The van der Waals surface area contributed by atoms with Crippen LogP contribution in [0.25, 0.3) is 0 Å². The monoisotopic (exact) mass is 262 g/mol. The number of nitrogens with zero attached hydrogens (tertiary/aromatic N) is 1. The molecule has 1 aromatic carbocycles. The molecule has 1 aliphatic rings. The van der Waals surface area contributed by atoms with Crippen LogP contribution in [0, 0.1) is 0 Å². The number of hydrogen-bond donors (Lipinski definition) is 1. The highest BCUT2D eigenvalue weighted by atomic mass is 32.2. The number of rotatable bonds is 4. The first-order valence-electron chi connectivity index (χ1n) is 5.77. The molecule has 88 valence electrons. The van der Waals surface area contributed by atoms with Gasteiger partial charge in [0.05, 0.1) is 5.01 Å². The van der Waals surface area contributed by atoms with E-state index in [0.717, 1.165) is 18.7 Å². The highest BCUT2D eigenvalue weighted by Crippen LogP contribution is 2.37. The third-order valence-corrected chi connectivity index (χ3v) is 4.94. The summed E-state index contributed by atoms with van der Waals surface area (Å²) in [5.41, 5.74) is 1.46. The molecule has 0 fully saturated rings. The van der Waals surface area contributed by atoms with Crippen molar-refractivity contribution in [2.75, 3.05) is 12.3 Å². The maximum absolute atomic E-state index is 4.30. The van der Waals surface area contributed by atoms with Gasteiger partial charge >= 0.3 is 0 Å². The molecule has 0 radical (unpaired) electrons. The van der Waals surface area contributed by atoms with Gasteiger partial charge in [0.15, 0.2) is 0 Å². The quantitative estimate of drug-likeness (QED) is 0.916. The van der Waals surface area contributed by atoms with Crippen LogP contribution in [0.4, 0.5) is 0 Å². The summed E-state index contributed by atoms with van der Waals surface area (Å²) in [7, 11) is 0. The summed E-state index contributed by atoms with van der Waals surface area (Å²) in [6.07, 6.45) is 2.90. The zero-order chi connectivity index (χ0) is 11.5. The van der Waals surface area contributed by atoms with E-state index < -0.39 is 0 Å². The van der Waals surface area contributed by atoms with Crippen LogP contribution < -0.4 is 5.32 Å². The minimum absolute atomic E-state index is 0.510. The van der Waals surface area contributed by atoms with Crippen molar-refractivity contribution < 1.29 is 0 Å². The molecule has 2 nitrogen and oxygen atoms in total. The molecule has 0 saturated carbocycles. The summed E-state index contributed by atoms with van der Waals surface area (Å²) < 4.78 is 0. The van der Waals surface area contributed by atoms with Gasteiger partial charge in [0.25, 0.3) is 0 Å². The van der Waals surface area contributed by atoms with E-state index >= 15 is 0 Å². The Morgan fingerprint density at radius 3 is 3.18 bits per heavy atom. The van der Waals surface area contributed by atoms with Crippen molar-refractivity contribution in [1.29, 1.82) is 0 Å². The average Bonchev–Trinajstić information content (AvgIpc) is 2.99. The second kappa shape index (κ2) is 5.21. The molecule has 3 rings (SSSR count). The molecule has 0 saturated heterocycles. The number of thiazole rings is 1. The lowest BCUT2D eigenvalue weighted by molar-refractivity contribution is 0.585. The molecule has 1 N–H and O–H groups in total. The summed E-state index contributed by atoms with van der Waals surface area (Å²) >= 11 is 3.68. The van der Waals surface area contributed by atoms with E-state index in [-0.39, 0.29) is 0 Å². The van der Waals surface area contributed by atoms with E-state index in [0.29, 0.717) is 6.04 Å². The highest BCUT2D eigenvalue weighted by Gasteiger charge is 2.21. The Labute approximate surface area is 109 Å². The molecule has 0 aliphatic carbocycles. The van der Waals surface area contributed by atoms with Gasteiger partial charge in [-0.25, -0.2) is 4.98 Å². The van der Waals surface area contributed by atoms with Crippen molar-refractivity contribution in [2.45, 2.75) is 17.4 Å². The third kappa shape index (κ3) is 2.54. The lowest BCUT2D eigenvalue weighted by Crippen LogP contribution is -2.23. The van der Waals surface area contributed by atoms with Crippen LogP contribution in [0.1, 0.15) is 16.6 Å². The van der Waals surface area contributed by atoms with Crippen molar-refractivity contribution in [3.05, 3.63) is 46.4 Å². The molecule has 0 amide bonds. The number of nitrogens with one attached hydrogen (secondary N) is 1. The summed E-state index contributed by atoms with van der Waals surface area (Å²) in [4.78, 5) is 5.73. The number of aromatic nitrogens is 1. The fraction of sp³-hybridized carbons (Fsp3) is 0.308. The maximum atomic E-state index is 4.30.